The van der Waals surface area contributed by atoms with E-state index in [1.54, 1.807) is 0 Å². The number of rotatable bonds is 5. The molecule has 0 bridgehead atoms. The van der Waals surface area contributed by atoms with Crippen LogP contribution in [0.3, 0.4) is 0 Å². The van der Waals surface area contributed by atoms with E-state index in [0.29, 0.717) is 0 Å². The third kappa shape index (κ3) is 3.23. The van der Waals surface area contributed by atoms with Crippen LogP contribution < -0.4 is 10.6 Å². The molecule has 1 aromatic rings. The summed E-state index contributed by atoms with van der Waals surface area (Å²) in [6.07, 6.45) is 3.25. The minimum Gasteiger partial charge on any atom is -0.353 e. The summed E-state index contributed by atoms with van der Waals surface area (Å²) in [7, 11) is 1.50. The summed E-state index contributed by atoms with van der Waals surface area (Å²) in [4.78, 5) is 26.4. The van der Waals surface area contributed by atoms with Crippen LogP contribution in [0.1, 0.15) is 30.9 Å². The average molecular weight is 317 g/mol. The van der Waals surface area contributed by atoms with Gasteiger partial charge in [-0.3, -0.25) is 14.9 Å². The summed E-state index contributed by atoms with van der Waals surface area (Å²) in [6, 6.07) is 9.49. The van der Waals surface area contributed by atoms with Gasteiger partial charge in [-0.1, -0.05) is 30.3 Å². The normalized spacial score (nSPS) is 26.7. The van der Waals surface area contributed by atoms with Crippen molar-refractivity contribution in [2.75, 3.05) is 26.7 Å². The fourth-order valence-corrected chi connectivity index (χ4v) is 3.14. The van der Waals surface area contributed by atoms with E-state index in [9.17, 15) is 9.59 Å². The predicted octanol–water partition coefficient (Wildman–Crippen LogP) is 0.802. The number of nitrogens with zero attached hydrogens (tertiary/aromatic N) is 1. The fraction of sp³-hybridized carbons (Fsp3) is 0.529. The highest BCUT2D eigenvalue weighted by atomic mass is 16.5. The Morgan fingerprint density at radius 3 is 2.61 bits per heavy atom. The Balaban J connectivity index is 1.56. The van der Waals surface area contributed by atoms with Gasteiger partial charge in [-0.15, -0.1) is 0 Å². The van der Waals surface area contributed by atoms with Crippen molar-refractivity contribution in [1.29, 1.82) is 0 Å². The van der Waals surface area contributed by atoms with Crippen LogP contribution in [-0.4, -0.2) is 49.2 Å². The first kappa shape index (κ1) is 16.0. The van der Waals surface area contributed by atoms with Crippen molar-refractivity contribution in [3.8, 4) is 0 Å². The number of hydrogen-bond acceptors (Lipinski definition) is 4. The van der Waals surface area contributed by atoms with Crippen LogP contribution in [0, 0.1) is 0 Å². The summed E-state index contributed by atoms with van der Waals surface area (Å²) >= 11 is 0. The van der Waals surface area contributed by atoms with Crippen LogP contribution in [0.15, 0.2) is 30.3 Å². The lowest BCUT2D eigenvalue weighted by molar-refractivity contribution is -0.139. The molecule has 124 valence electrons. The SMILES string of the molecule is CO[C@]1(C(=O)NCC(=O)N2CCCCC2)N[C@H]1c1ccccc1. The van der Waals surface area contributed by atoms with E-state index in [0.717, 1.165) is 31.5 Å². The standard InChI is InChI=1S/C17H23N3O3/c1-23-17(15(19-17)13-8-4-2-5-9-13)16(22)18-12-14(21)20-10-6-3-7-11-20/h2,4-5,8-9,15,19H,3,6-7,10-12H2,1H3,(H,18,22)/t15-,17+/m0/s1. The van der Waals surface area contributed by atoms with Crippen molar-refractivity contribution in [1.82, 2.24) is 15.5 Å². The lowest BCUT2D eigenvalue weighted by Gasteiger charge is -2.27. The summed E-state index contributed by atoms with van der Waals surface area (Å²) in [5.41, 5.74) is -0.0735. The molecule has 23 heavy (non-hydrogen) atoms. The van der Waals surface area contributed by atoms with Crippen molar-refractivity contribution in [2.24, 2.45) is 0 Å². The molecule has 2 heterocycles. The maximum absolute atomic E-state index is 12.5. The Hall–Kier alpha value is -1.92. The molecule has 0 saturated carbocycles. The van der Waals surface area contributed by atoms with Gasteiger partial charge in [-0.05, 0) is 24.8 Å². The third-order valence-corrected chi connectivity index (χ3v) is 4.58. The Kier molecular flexibility index (Phi) is 4.63. The van der Waals surface area contributed by atoms with Crippen molar-refractivity contribution in [3.05, 3.63) is 35.9 Å². The van der Waals surface area contributed by atoms with Crippen molar-refractivity contribution >= 4 is 11.8 Å². The summed E-state index contributed by atoms with van der Waals surface area (Å²) in [5, 5.41) is 5.81. The molecule has 6 nitrogen and oxygen atoms in total. The number of hydrogen-bond donors (Lipinski definition) is 2. The molecule has 0 unspecified atom stereocenters. The lowest BCUT2D eigenvalue weighted by Crippen LogP contribution is -2.47. The van der Waals surface area contributed by atoms with Gasteiger partial charge < -0.3 is 15.0 Å². The van der Waals surface area contributed by atoms with E-state index in [1.807, 2.05) is 35.2 Å². The molecule has 2 fully saturated rings. The highest BCUT2D eigenvalue weighted by molar-refractivity contribution is 5.92. The molecule has 1 aromatic carbocycles. The molecule has 2 aliphatic rings. The van der Waals surface area contributed by atoms with Gasteiger partial charge >= 0.3 is 0 Å². The molecular weight excluding hydrogens is 294 g/mol. The summed E-state index contributed by atoms with van der Waals surface area (Å²) in [5.74, 6) is -0.319. The van der Waals surface area contributed by atoms with Crippen molar-refractivity contribution < 1.29 is 14.3 Å². The second-order valence-corrected chi connectivity index (χ2v) is 6.05. The van der Waals surface area contributed by atoms with Gasteiger partial charge in [0.1, 0.15) is 0 Å². The number of piperidine rings is 1. The van der Waals surface area contributed by atoms with Gasteiger partial charge in [0.05, 0.1) is 12.6 Å². The van der Waals surface area contributed by atoms with Crippen LogP contribution >= 0.6 is 0 Å². The minimum atomic E-state index is -1.07. The van der Waals surface area contributed by atoms with E-state index in [1.165, 1.54) is 13.5 Å². The highest BCUT2D eigenvalue weighted by Gasteiger charge is 2.61. The molecule has 2 atom stereocenters. The highest BCUT2D eigenvalue weighted by Crippen LogP contribution is 2.41. The van der Waals surface area contributed by atoms with E-state index in [2.05, 4.69) is 10.6 Å². The second-order valence-electron chi connectivity index (χ2n) is 6.05. The molecule has 2 amide bonds. The van der Waals surface area contributed by atoms with Crippen LogP contribution in [0.25, 0.3) is 0 Å². The average Bonchev–Trinajstić information content (AvgIpc) is 3.37. The topological polar surface area (TPSA) is 80.6 Å². The second kappa shape index (κ2) is 6.68. The molecule has 2 N–H and O–H groups in total. The number of benzene rings is 1. The number of carbonyl (C=O) groups excluding carboxylic acids is 2. The van der Waals surface area contributed by atoms with Crippen LogP contribution in [-0.2, 0) is 14.3 Å². The molecular formula is C17H23N3O3. The molecule has 3 rings (SSSR count). The Bertz CT molecular complexity index is 572. The van der Waals surface area contributed by atoms with Gasteiger partial charge in [0, 0.05) is 20.2 Å². The molecule has 0 radical (unpaired) electrons. The first-order chi connectivity index (χ1) is 11.2. The third-order valence-electron chi connectivity index (χ3n) is 4.58. The molecule has 2 aliphatic heterocycles. The van der Waals surface area contributed by atoms with E-state index >= 15 is 0 Å². The largest absolute Gasteiger partial charge is 0.353 e. The Labute approximate surface area is 136 Å². The number of methoxy groups -OCH3 is 1. The number of amides is 2. The molecule has 6 heteroatoms. The van der Waals surface area contributed by atoms with Crippen LogP contribution in [0.2, 0.25) is 0 Å². The first-order valence-corrected chi connectivity index (χ1v) is 8.11. The van der Waals surface area contributed by atoms with Crippen molar-refractivity contribution in [3.63, 3.8) is 0 Å². The zero-order valence-corrected chi connectivity index (χ0v) is 13.4. The smallest absolute Gasteiger partial charge is 0.270 e. The van der Waals surface area contributed by atoms with Crippen LogP contribution in [0.5, 0.6) is 0 Å². The number of nitrogens with one attached hydrogen (secondary N) is 2. The number of likely N-dealkylation sites (tertiary alicyclic amines) is 1. The monoisotopic (exact) mass is 317 g/mol. The van der Waals surface area contributed by atoms with Gasteiger partial charge in [-0.2, -0.15) is 0 Å². The minimum absolute atomic E-state index is 0.0210. The molecule has 2 saturated heterocycles. The quantitative estimate of drug-likeness (QED) is 0.787. The van der Waals surface area contributed by atoms with Crippen LogP contribution in [0.4, 0.5) is 0 Å². The lowest BCUT2D eigenvalue weighted by atomic mass is 10.1. The van der Waals surface area contributed by atoms with Gasteiger partial charge in [-0.25, -0.2) is 0 Å². The summed E-state index contributed by atoms with van der Waals surface area (Å²) < 4.78 is 5.41. The maximum atomic E-state index is 12.5. The summed E-state index contributed by atoms with van der Waals surface area (Å²) in [6.45, 7) is 1.59. The molecule has 0 spiro atoms. The predicted molar refractivity (Wildman–Crippen MR) is 85.5 cm³/mol. The fourth-order valence-electron chi connectivity index (χ4n) is 3.14. The van der Waals surface area contributed by atoms with E-state index in [4.69, 9.17) is 4.74 Å². The first-order valence-electron chi connectivity index (χ1n) is 8.11. The Morgan fingerprint density at radius 1 is 1.26 bits per heavy atom. The molecule has 0 aliphatic carbocycles. The number of ether oxygens (including phenoxy) is 1. The van der Waals surface area contributed by atoms with Crippen molar-refractivity contribution in [2.45, 2.75) is 31.0 Å². The van der Waals surface area contributed by atoms with Gasteiger partial charge in [0.2, 0.25) is 11.6 Å². The van der Waals surface area contributed by atoms with Gasteiger partial charge in [0.25, 0.3) is 5.91 Å². The zero-order chi connectivity index (χ0) is 16.3. The molecule has 0 aromatic heterocycles. The Morgan fingerprint density at radius 2 is 1.96 bits per heavy atom. The van der Waals surface area contributed by atoms with Gasteiger partial charge in [0.15, 0.2) is 0 Å². The van der Waals surface area contributed by atoms with E-state index in [-0.39, 0.29) is 24.4 Å². The number of carbonyl (C=O) groups is 2. The maximum Gasteiger partial charge on any atom is 0.270 e. The zero-order valence-electron chi connectivity index (χ0n) is 13.4. The van der Waals surface area contributed by atoms with E-state index < -0.39 is 5.72 Å².